The molecule has 1 rings (SSSR count). The zero-order valence-corrected chi connectivity index (χ0v) is 5.02. The molecule has 1 aromatic heterocycles. The number of aromatic nitrogens is 1. The summed E-state index contributed by atoms with van der Waals surface area (Å²) in [5.74, 6) is 0.0532. The molecule has 0 saturated carbocycles. The topological polar surface area (TPSA) is 56.4 Å². The highest BCUT2D eigenvalue weighted by atomic mass is 16.5. The van der Waals surface area contributed by atoms with E-state index in [2.05, 4.69) is 4.99 Å². The Kier molecular flexibility index (Phi) is 1.78. The van der Waals surface area contributed by atoms with Crippen molar-refractivity contribution in [1.29, 1.82) is 0 Å². The minimum atomic E-state index is 0.0532. The molecule has 0 aliphatic rings. The molecule has 0 bridgehead atoms. The van der Waals surface area contributed by atoms with Gasteiger partial charge in [-0.1, -0.05) is 6.07 Å². The van der Waals surface area contributed by atoms with Gasteiger partial charge >= 0.3 is 11.9 Å². The Morgan fingerprint density at radius 1 is 1.60 bits per heavy atom. The molecule has 0 saturated heterocycles. The number of carbonyl (C=O) groups excluding carboxylic acids is 1. The largest absolute Gasteiger partial charge is 0.710 e. The van der Waals surface area contributed by atoms with Crippen molar-refractivity contribution >= 4 is 11.9 Å². The predicted octanol–water partition coefficient (Wildman–Crippen LogP) is 0.287. The van der Waals surface area contributed by atoms with Gasteiger partial charge in [-0.2, -0.15) is 4.79 Å². The summed E-state index contributed by atoms with van der Waals surface area (Å²) < 4.78 is 0.491. The Labute approximate surface area is 57.0 Å². The zero-order chi connectivity index (χ0) is 7.40. The SMILES string of the molecule is O=C=Nc1cccc[n+]1[O-]. The van der Waals surface area contributed by atoms with Crippen LogP contribution in [0.4, 0.5) is 5.82 Å². The molecule has 0 unspecified atom stereocenters. The maximum absolute atomic E-state index is 10.7. The maximum atomic E-state index is 10.7. The Balaban J connectivity index is 3.14. The third-order valence-corrected chi connectivity index (χ3v) is 0.964. The molecule has 4 heteroatoms. The van der Waals surface area contributed by atoms with E-state index in [0.29, 0.717) is 4.73 Å². The van der Waals surface area contributed by atoms with E-state index in [0.717, 1.165) is 0 Å². The quantitative estimate of drug-likeness (QED) is 0.241. The first kappa shape index (κ1) is 6.45. The summed E-state index contributed by atoms with van der Waals surface area (Å²) in [4.78, 5) is 12.8. The van der Waals surface area contributed by atoms with E-state index in [4.69, 9.17) is 0 Å². The van der Waals surface area contributed by atoms with E-state index in [9.17, 15) is 10.0 Å². The van der Waals surface area contributed by atoms with Crippen molar-refractivity contribution in [2.45, 2.75) is 0 Å². The van der Waals surface area contributed by atoms with E-state index >= 15 is 0 Å². The Bertz CT molecular complexity index is 279. The van der Waals surface area contributed by atoms with Crippen LogP contribution >= 0.6 is 0 Å². The fourth-order valence-corrected chi connectivity index (χ4v) is 0.553. The van der Waals surface area contributed by atoms with Crippen LogP contribution in [0.15, 0.2) is 29.4 Å². The number of nitrogens with zero attached hydrogens (tertiary/aromatic N) is 2. The second-order valence-corrected chi connectivity index (χ2v) is 1.59. The number of pyridine rings is 1. The van der Waals surface area contributed by atoms with Gasteiger partial charge in [0.25, 0.3) is 0 Å². The summed E-state index contributed by atoms with van der Waals surface area (Å²) in [5.41, 5.74) is 0. The van der Waals surface area contributed by atoms with E-state index in [1.54, 1.807) is 12.1 Å². The van der Waals surface area contributed by atoms with Crippen LogP contribution in [0.3, 0.4) is 0 Å². The van der Waals surface area contributed by atoms with Gasteiger partial charge in [-0.05, 0) is 6.07 Å². The summed E-state index contributed by atoms with van der Waals surface area (Å²) in [7, 11) is 0. The summed E-state index contributed by atoms with van der Waals surface area (Å²) in [5, 5.41) is 10.7. The first-order valence-corrected chi connectivity index (χ1v) is 2.60. The number of hydrogen-bond donors (Lipinski definition) is 0. The molecule has 1 aromatic rings. The molecule has 0 amide bonds. The van der Waals surface area contributed by atoms with Crippen molar-refractivity contribution in [3.05, 3.63) is 29.6 Å². The highest BCUT2D eigenvalue weighted by Gasteiger charge is 1.97. The molecule has 10 heavy (non-hydrogen) atoms. The average molecular weight is 136 g/mol. The second kappa shape index (κ2) is 2.75. The first-order chi connectivity index (χ1) is 4.84. The lowest BCUT2D eigenvalue weighted by molar-refractivity contribution is -0.591. The van der Waals surface area contributed by atoms with Crippen LogP contribution in [0.2, 0.25) is 0 Å². The van der Waals surface area contributed by atoms with Gasteiger partial charge in [-0.15, -0.1) is 0 Å². The fourth-order valence-electron chi connectivity index (χ4n) is 0.553. The van der Waals surface area contributed by atoms with Gasteiger partial charge in [0.2, 0.25) is 0 Å². The van der Waals surface area contributed by atoms with Crippen LogP contribution in [0.1, 0.15) is 0 Å². The summed E-state index contributed by atoms with van der Waals surface area (Å²) >= 11 is 0. The van der Waals surface area contributed by atoms with Gasteiger partial charge < -0.3 is 5.21 Å². The molecule has 0 aliphatic carbocycles. The van der Waals surface area contributed by atoms with Gasteiger partial charge in [0.05, 0.1) is 6.20 Å². The van der Waals surface area contributed by atoms with Crippen molar-refractivity contribution in [2.75, 3.05) is 0 Å². The molecule has 0 fully saturated rings. The molecule has 0 aromatic carbocycles. The van der Waals surface area contributed by atoms with Crippen LogP contribution < -0.4 is 4.73 Å². The van der Waals surface area contributed by atoms with Crippen LogP contribution in [0, 0.1) is 5.21 Å². The monoisotopic (exact) mass is 136 g/mol. The smallest absolute Gasteiger partial charge is 0.372 e. The molecule has 0 spiro atoms. The molecular formula is C6H4N2O2. The minimum absolute atomic E-state index is 0.0532. The Morgan fingerprint density at radius 2 is 2.40 bits per heavy atom. The average Bonchev–Trinajstić information content (AvgIpc) is 1.94. The number of aliphatic imine (C=N–C) groups is 1. The summed E-state index contributed by atoms with van der Waals surface area (Å²) in [6, 6.07) is 4.60. The Morgan fingerprint density at radius 3 is 3.00 bits per heavy atom. The molecule has 0 atom stereocenters. The van der Waals surface area contributed by atoms with Crippen LogP contribution in [0.25, 0.3) is 0 Å². The summed E-state index contributed by atoms with van der Waals surface area (Å²) in [6.07, 6.45) is 2.54. The van der Waals surface area contributed by atoms with Crippen molar-refractivity contribution in [1.82, 2.24) is 0 Å². The number of rotatable bonds is 1. The standard InChI is InChI=1S/C6H4N2O2/c9-5-7-6-3-1-2-4-8(6)10/h1-4H. The van der Waals surface area contributed by atoms with Crippen LogP contribution in [-0.4, -0.2) is 6.08 Å². The van der Waals surface area contributed by atoms with Crippen molar-refractivity contribution in [3.8, 4) is 0 Å². The molecule has 0 aliphatic heterocycles. The van der Waals surface area contributed by atoms with Crippen molar-refractivity contribution < 1.29 is 9.52 Å². The minimum Gasteiger partial charge on any atom is -0.710 e. The predicted molar refractivity (Wildman–Crippen MR) is 33.2 cm³/mol. The highest BCUT2D eigenvalue weighted by molar-refractivity contribution is 5.41. The zero-order valence-electron chi connectivity index (χ0n) is 5.02. The third-order valence-electron chi connectivity index (χ3n) is 0.964. The van der Waals surface area contributed by atoms with Gasteiger partial charge in [-0.25, -0.2) is 4.73 Å². The van der Waals surface area contributed by atoms with Crippen molar-refractivity contribution in [2.24, 2.45) is 4.99 Å². The van der Waals surface area contributed by atoms with Gasteiger partial charge in [0.1, 0.15) is 0 Å². The first-order valence-electron chi connectivity index (χ1n) is 2.60. The summed E-state index contributed by atoms with van der Waals surface area (Å²) in [6.45, 7) is 0. The third kappa shape index (κ3) is 1.18. The van der Waals surface area contributed by atoms with Gasteiger partial charge in [-0.3, -0.25) is 0 Å². The molecule has 0 radical (unpaired) electrons. The van der Waals surface area contributed by atoms with E-state index in [-0.39, 0.29) is 5.82 Å². The van der Waals surface area contributed by atoms with Crippen LogP contribution in [-0.2, 0) is 4.79 Å². The molecule has 50 valence electrons. The van der Waals surface area contributed by atoms with Gasteiger partial charge in [0, 0.05) is 11.1 Å². The van der Waals surface area contributed by atoms with Crippen molar-refractivity contribution in [3.63, 3.8) is 0 Å². The second-order valence-electron chi connectivity index (χ2n) is 1.59. The molecule has 1 heterocycles. The van der Waals surface area contributed by atoms with E-state index in [1.165, 1.54) is 18.3 Å². The lowest BCUT2D eigenvalue weighted by Gasteiger charge is -1.98. The lowest BCUT2D eigenvalue weighted by atomic mass is 10.5. The fraction of sp³-hybridized carbons (Fsp3) is 0. The van der Waals surface area contributed by atoms with Crippen LogP contribution in [0.5, 0.6) is 0 Å². The molecule has 4 nitrogen and oxygen atoms in total. The Hall–Kier alpha value is -1.67. The molecule has 0 N–H and O–H groups in total. The highest BCUT2D eigenvalue weighted by Crippen LogP contribution is 1.99. The lowest BCUT2D eigenvalue weighted by Crippen LogP contribution is -2.24. The van der Waals surface area contributed by atoms with E-state index < -0.39 is 0 Å². The number of isocyanates is 1. The maximum Gasteiger partial charge on any atom is 0.372 e. The normalized spacial score (nSPS) is 8.40. The van der Waals surface area contributed by atoms with Gasteiger partial charge in [0.15, 0.2) is 0 Å². The van der Waals surface area contributed by atoms with E-state index in [1.807, 2.05) is 0 Å². The molecular weight excluding hydrogens is 132 g/mol. The number of hydrogen-bond acceptors (Lipinski definition) is 3.